The number of rotatable bonds is 19. The van der Waals surface area contributed by atoms with Crippen molar-refractivity contribution in [2.45, 2.75) is 108 Å². The molecule has 0 unspecified atom stereocenters. The number of aliphatic hydroxyl groups excluding tert-OH is 1. The fraction of sp³-hybridized carbons (Fsp3) is 0.524. The minimum Gasteiger partial charge on any atom is -0.456 e. The molecule has 1 saturated heterocycles. The highest BCUT2D eigenvalue weighted by Gasteiger charge is 2.52. The first kappa shape index (κ1) is 41.4. The third-order valence-corrected chi connectivity index (χ3v) is 9.79. The van der Waals surface area contributed by atoms with Crippen LogP contribution < -0.4 is 5.32 Å². The van der Waals surface area contributed by atoms with Crippen LogP contribution in [0, 0.1) is 0 Å². The molecule has 0 saturated carbocycles. The second-order valence-corrected chi connectivity index (χ2v) is 14.2. The molecule has 1 heterocycles. The number of nitrogens with zero attached hydrogens (tertiary/aromatic N) is 2. The second-order valence-electron chi connectivity index (χ2n) is 14.2. The fourth-order valence-electron chi connectivity index (χ4n) is 6.79. The van der Waals surface area contributed by atoms with Crippen LogP contribution in [0.3, 0.4) is 0 Å². The molecule has 11 heteroatoms. The molecule has 0 aromatic heterocycles. The molecule has 1 aliphatic carbocycles. The summed E-state index contributed by atoms with van der Waals surface area (Å²) >= 11 is 0. The number of hydrogen-bond acceptors (Lipinski definition) is 8. The number of nitrogens with one attached hydrogen (secondary N) is 1. The number of esters is 1. The summed E-state index contributed by atoms with van der Waals surface area (Å²) in [6, 6.07) is 15.4. The van der Waals surface area contributed by atoms with Gasteiger partial charge in [-0.2, -0.15) is 0 Å². The first-order valence-electron chi connectivity index (χ1n) is 19.0. The van der Waals surface area contributed by atoms with Gasteiger partial charge in [0.25, 0.3) is 0 Å². The maximum absolute atomic E-state index is 14.4. The summed E-state index contributed by atoms with van der Waals surface area (Å²) in [6.45, 7) is 4.12. The Bertz CT molecular complexity index is 1580. The van der Waals surface area contributed by atoms with E-state index in [9.17, 15) is 24.3 Å². The van der Waals surface area contributed by atoms with Crippen LogP contribution >= 0.6 is 0 Å². The van der Waals surface area contributed by atoms with Crippen LogP contribution in [-0.4, -0.2) is 103 Å². The molecule has 3 amide bonds. The minimum atomic E-state index is -0.880. The summed E-state index contributed by atoms with van der Waals surface area (Å²) in [5, 5.41) is 12.1. The number of benzene rings is 2. The molecule has 0 spiro atoms. The van der Waals surface area contributed by atoms with Gasteiger partial charge >= 0.3 is 5.97 Å². The summed E-state index contributed by atoms with van der Waals surface area (Å²) in [4.78, 5) is 56.5. The number of unbranched alkanes of at least 4 members (excludes halogenated alkanes) is 4. The van der Waals surface area contributed by atoms with E-state index in [0.717, 1.165) is 44.1 Å². The van der Waals surface area contributed by atoms with Gasteiger partial charge in [-0.05, 0) is 48.3 Å². The average Bonchev–Trinajstić information content (AvgIpc) is 3.53. The van der Waals surface area contributed by atoms with Crippen LogP contribution in [0.15, 0.2) is 72.3 Å². The van der Waals surface area contributed by atoms with E-state index in [1.54, 1.807) is 57.6 Å². The maximum atomic E-state index is 14.4. The maximum Gasteiger partial charge on any atom is 0.338 e. The number of aliphatic hydroxyl groups is 1. The Balaban J connectivity index is 1.65. The lowest BCUT2D eigenvalue weighted by Crippen LogP contribution is -2.51. The first-order chi connectivity index (χ1) is 25.5. The number of fused-ring (bicyclic) bond motifs is 1. The van der Waals surface area contributed by atoms with E-state index in [4.69, 9.17) is 14.2 Å². The summed E-state index contributed by atoms with van der Waals surface area (Å²) in [7, 11) is 4.92. The molecule has 2 aromatic rings. The molecule has 4 rings (SSSR count). The van der Waals surface area contributed by atoms with Crippen LogP contribution in [0.4, 0.5) is 0 Å². The highest BCUT2D eigenvalue weighted by molar-refractivity contribution is 5.97. The Hall–Kier alpha value is -4.32. The molecule has 2 aromatic carbocycles. The topological polar surface area (TPSA) is 135 Å². The number of ether oxygens (including phenoxy) is 3. The first-order valence-corrected chi connectivity index (χ1v) is 19.0. The van der Waals surface area contributed by atoms with E-state index in [-0.39, 0.29) is 43.7 Å². The molecule has 2 aliphatic rings. The number of amides is 3. The van der Waals surface area contributed by atoms with Crippen molar-refractivity contribution >= 4 is 29.8 Å². The van der Waals surface area contributed by atoms with E-state index in [0.29, 0.717) is 29.5 Å². The van der Waals surface area contributed by atoms with Gasteiger partial charge in [0.05, 0.1) is 12.2 Å². The van der Waals surface area contributed by atoms with Gasteiger partial charge in [0.2, 0.25) is 17.7 Å². The van der Waals surface area contributed by atoms with Gasteiger partial charge in [-0.25, -0.2) is 4.79 Å². The van der Waals surface area contributed by atoms with Crippen molar-refractivity contribution < 1.29 is 38.5 Å². The summed E-state index contributed by atoms with van der Waals surface area (Å²) in [5.74, 6) is -2.43. The van der Waals surface area contributed by atoms with Crippen molar-refractivity contribution in [2.24, 2.45) is 0 Å². The largest absolute Gasteiger partial charge is 0.456 e. The van der Waals surface area contributed by atoms with E-state index in [2.05, 4.69) is 19.2 Å². The molecule has 53 heavy (non-hydrogen) atoms. The highest BCUT2D eigenvalue weighted by Crippen LogP contribution is 2.43. The average molecular weight is 732 g/mol. The van der Waals surface area contributed by atoms with Crippen LogP contribution in [-0.2, 0) is 35.0 Å². The molecule has 11 nitrogen and oxygen atoms in total. The van der Waals surface area contributed by atoms with Gasteiger partial charge in [0.1, 0.15) is 24.4 Å². The minimum absolute atomic E-state index is 0.0584. The number of carbonyl (C=O) groups excluding carboxylic acids is 4. The summed E-state index contributed by atoms with van der Waals surface area (Å²) in [6.07, 6.45) is 10.3. The molecule has 0 bridgehead atoms. The van der Waals surface area contributed by atoms with Gasteiger partial charge in [-0.15, -0.1) is 0 Å². The van der Waals surface area contributed by atoms with Gasteiger partial charge < -0.3 is 34.4 Å². The third-order valence-electron chi connectivity index (χ3n) is 9.79. The molecule has 1 aliphatic heterocycles. The normalized spacial score (nSPS) is 19.6. The van der Waals surface area contributed by atoms with E-state index < -0.39 is 36.1 Å². The predicted molar refractivity (Wildman–Crippen MR) is 204 cm³/mol. The van der Waals surface area contributed by atoms with Crippen molar-refractivity contribution in [3.63, 3.8) is 0 Å². The molecular weight excluding hydrogens is 674 g/mol. The summed E-state index contributed by atoms with van der Waals surface area (Å²) < 4.78 is 19.8. The van der Waals surface area contributed by atoms with E-state index in [1.807, 2.05) is 30.3 Å². The van der Waals surface area contributed by atoms with Gasteiger partial charge in [-0.3, -0.25) is 14.4 Å². The monoisotopic (exact) mass is 731 g/mol. The Morgan fingerprint density at radius 2 is 1.66 bits per heavy atom. The SMILES string of the molecule is CCCCCC1(CCCCC)O[C@@H]2[C@@H](C=C(C(=O)N(C)[C@H](Cc3ccccc3)C(=O)NCCO)C[C@H]2OC(=O)c2cccc(C=CC(=O)N(C)C)c2)O1. The van der Waals surface area contributed by atoms with Crippen molar-refractivity contribution in [1.82, 2.24) is 15.1 Å². The van der Waals surface area contributed by atoms with Crippen molar-refractivity contribution in [1.29, 1.82) is 0 Å². The van der Waals surface area contributed by atoms with Crippen molar-refractivity contribution in [3.05, 3.63) is 89.0 Å². The van der Waals surface area contributed by atoms with Crippen LogP contribution in [0.2, 0.25) is 0 Å². The lowest BCUT2D eigenvalue weighted by atomic mass is 9.90. The molecule has 1 fully saturated rings. The van der Waals surface area contributed by atoms with Crippen LogP contribution in [0.5, 0.6) is 0 Å². The number of likely N-dealkylation sites (N-methyl/N-ethyl adjacent to an activating group) is 2. The lowest BCUT2D eigenvalue weighted by molar-refractivity contribution is -0.190. The molecule has 4 atom stereocenters. The highest BCUT2D eigenvalue weighted by atomic mass is 16.8. The molecule has 288 valence electrons. The van der Waals surface area contributed by atoms with Crippen molar-refractivity contribution in [2.75, 3.05) is 34.3 Å². The van der Waals surface area contributed by atoms with Gasteiger partial charge in [0.15, 0.2) is 5.79 Å². The van der Waals surface area contributed by atoms with Crippen molar-refractivity contribution in [3.8, 4) is 0 Å². The van der Waals surface area contributed by atoms with Gasteiger partial charge in [0, 0.05) is 65.0 Å². The standard InChI is InChI=1S/C42H57N3O8/c1-6-8-13-22-42(23-14-9-7-2)52-36-29-33(40(49)45(5)34(39(48)43-24-25-46)27-30-16-11-10-12-17-30)28-35(38(36)53-42)51-41(50)32-19-15-18-31(26-32)20-21-37(47)44(3)4/h10-12,15-21,26,29,34-36,38,46H,6-9,13-14,22-25,27-28H2,1-5H3,(H,43,48)/t34-,35-,36-,38+/m1/s1. The third kappa shape index (κ3) is 11.6. The smallest absolute Gasteiger partial charge is 0.338 e. The molecule has 2 N–H and O–H groups in total. The van der Waals surface area contributed by atoms with E-state index in [1.165, 1.54) is 15.9 Å². The molecule has 0 radical (unpaired) electrons. The Labute approximate surface area is 314 Å². The van der Waals surface area contributed by atoms with Crippen LogP contribution in [0.1, 0.15) is 93.1 Å². The van der Waals surface area contributed by atoms with Gasteiger partial charge in [-0.1, -0.05) is 82.0 Å². The second kappa shape index (κ2) is 20.2. The molecular formula is C42H57N3O8. The van der Waals surface area contributed by atoms with Crippen LogP contribution in [0.25, 0.3) is 6.08 Å². The Morgan fingerprint density at radius 1 is 0.962 bits per heavy atom. The number of carbonyl (C=O) groups is 4. The quantitative estimate of drug-likeness (QED) is 0.111. The zero-order valence-electron chi connectivity index (χ0n) is 31.9. The lowest BCUT2D eigenvalue weighted by Gasteiger charge is -2.33. The zero-order chi connectivity index (χ0) is 38.4. The summed E-state index contributed by atoms with van der Waals surface area (Å²) in [5.41, 5.74) is 2.18. The Morgan fingerprint density at radius 3 is 2.30 bits per heavy atom. The zero-order valence-corrected chi connectivity index (χ0v) is 31.9. The Kier molecular flexibility index (Phi) is 15.8. The number of hydrogen-bond donors (Lipinski definition) is 2. The fourth-order valence-corrected chi connectivity index (χ4v) is 6.79. The van der Waals surface area contributed by atoms with E-state index >= 15 is 0 Å². The predicted octanol–water partition coefficient (Wildman–Crippen LogP) is 5.46.